The molecular formula is C35H25FN4O4. The number of ether oxygens (including phenoxy) is 1. The van der Waals surface area contributed by atoms with Gasteiger partial charge in [0.1, 0.15) is 22.7 Å². The molecule has 0 radical (unpaired) electrons. The number of hydrogen-bond acceptors (Lipinski definition) is 6. The maximum absolute atomic E-state index is 14.5. The van der Waals surface area contributed by atoms with E-state index in [9.17, 15) is 18.8 Å². The number of pyridine rings is 1. The summed E-state index contributed by atoms with van der Waals surface area (Å²) in [7, 11) is 1.45. The van der Waals surface area contributed by atoms with Crippen molar-refractivity contribution in [3.8, 4) is 5.75 Å². The number of anilines is 3. The molecule has 44 heavy (non-hydrogen) atoms. The molecule has 6 aromatic rings. The normalized spacial score (nSPS) is 16.0. The zero-order chi connectivity index (χ0) is 30.7. The van der Waals surface area contributed by atoms with E-state index in [1.807, 2.05) is 30.3 Å². The van der Waals surface area contributed by atoms with Crippen LogP contribution in [0, 0.1) is 5.82 Å². The minimum Gasteiger partial charge on any atom is -0.495 e. The lowest BCUT2D eigenvalue weighted by molar-refractivity contribution is -0.120. The average Bonchev–Trinajstić information content (AvgIpc) is 3.50. The van der Waals surface area contributed by atoms with Gasteiger partial charge in [-0.2, -0.15) is 0 Å². The van der Waals surface area contributed by atoms with Crippen LogP contribution in [0.2, 0.25) is 0 Å². The van der Waals surface area contributed by atoms with E-state index in [0.29, 0.717) is 39.1 Å². The molecule has 1 aliphatic rings. The smallest absolute Gasteiger partial charge is 0.262 e. The molecule has 7 rings (SSSR count). The van der Waals surface area contributed by atoms with Crippen LogP contribution in [0.1, 0.15) is 33.3 Å². The lowest BCUT2D eigenvalue weighted by Crippen LogP contribution is -2.43. The molecule has 2 N–H and O–H groups in total. The van der Waals surface area contributed by atoms with Gasteiger partial charge in [0.05, 0.1) is 35.7 Å². The second-order valence-corrected chi connectivity index (χ2v) is 10.8. The molecular weight excluding hydrogens is 559 g/mol. The van der Waals surface area contributed by atoms with Gasteiger partial charge in [-0.1, -0.05) is 36.4 Å². The second kappa shape index (κ2) is 9.88. The highest BCUT2D eigenvalue weighted by molar-refractivity contribution is 6.29. The first kappa shape index (κ1) is 27.0. The summed E-state index contributed by atoms with van der Waals surface area (Å²) in [5.74, 6) is -1.54. The van der Waals surface area contributed by atoms with Gasteiger partial charge in [0.25, 0.3) is 5.91 Å². The number of fused-ring (bicyclic) bond motifs is 4. The van der Waals surface area contributed by atoms with Crippen LogP contribution < -0.4 is 15.4 Å². The number of Topliss-reactive ketones (excluding diaryl/α,β-unsaturated/α-hetero) is 1. The van der Waals surface area contributed by atoms with Crippen LogP contribution >= 0.6 is 0 Å². The predicted octanol–water partition coefficient (Wildman–Crippen LogP) is 6.43. The topological polar surface area (TPSA) is 108 Å². The van der Waals surface area contributed by atoms with Gasteiger partial charge < -0.3 is 10.5 Å². The molecule has 0 aliphatic carbocycles. The van der Waals surface area contributed by atoms with Gasteiger partial charge in [0.15, 0.2) is 0 Å². The van der Waals surface area contributed by atoms with Gasteiger partial charge in [0.2, 0.25) is 11.7 Å². The van der Waals surface area contributed by atoms with Gasteiger partial charge in [-0.05, 0) is 67.6 Å². The summed E-state index contributed by atoms with van der Waals surface area (Å²) < 4.78 is 20.8. The molecule has 0 saturated carbocycles. The van der Waals surface area contributed by atoms with E-state index in [-0.39, 0.29) is 22.9 Å². The minimum atomic E-state index is -1.79. The molecule has 4 aromatic carbocycles. The third-order valence-electron chi connectivity index (χ3n) is 8.33. The Kier molecular flexibility index (Phi) is 6.07. The Labute approximate surface area is 251 Å². The lowest BCUT2D eigenvalue weighted by Gasteiger charge is -2.24. The Bertz CT molecular complexity index is 2160. The number of rotatable bonds is 5. The number of nitrogens with two attached hydrogens (primary N) is 1. The Morgan fingerprint density at radius 2 is 1.59 bits per heavy atom. The maximum Gasteiger partial charge on any atom is 0.262 e. The number of carbonyl (C=O) groups is 3. The van der Waals surface area contributed by atoms with Crippen LogP contribution in [-0.2, 0) is 10.2 Å². The van der Waals surface area contributed by atoms with E-state index in [1.54, 1.807) is 47.0 Å². The van der Waals surface area contributed by atoms with Crippen molar-refractivity contribution in [3.63, 3.8) is 0 Å². The Morgan fingerprint density at radius 3 is 2.32 bits per heavy atom. The Hall–Kier alpha value is -5.83. The number of halogens is 1. The number of aromatic nitrogens is 2. The van der Waals surface area contributed by atoms with E-state index in [2.05, 4.69) is 4.98 Å². The molecule has 0 spiro atoms. The quantitative estimate of drug-likeness (QED) is 0.142. The third-order valence-corrected chi connectivity index (χ3v) is 8.33. The molecule has 0 bridgehead atoms. The highest BCUT2D eigenvalue weighted by atomic mass is 19.1. The van der Waals surface area contributed by atoms with E-state index in [0.717, 1.165) is 5.39 Å². The maximum atomic E-state index is 14.5. The minimum absolute atomic E-state index is 0.0255. The Morgan fingerprint density at radius 1 is 0.886 bits per heavy atom. The summed E-state index contributed by atoms with van der Waals surface area (Å²) in [6.07, 6.45) is 1.49. The van der Waals surface area contributed by atoms with E-state index in [4.69, 9.17) is 10.5 Å². The van der Waals surface area contributed by atoms with Gasteiger partial charge >= 0.3 is 0 Å². The number of benzene rings is 4. The summed E-state index contributed by atoms with van der Waals surface area (Å²) in [4.78, 5) is 48.3. The zero-order valence-corrected chi connectivity index (χ0v) is 23.7. The molecule has 1 amide bonds. The number of methoxy groups -OCH3 is 1. The van der Waals surface area contributed by atoms with Gasteiger partial charge in [-0.3, -0.25) is 28.8 Å². The van der Waals surface area contributed by atoms with Gasteiger partial charge in [-0.15, -0.1) is 0 Å². The molecule has 8 nitrogen and oxygen atoms in total. The van der Waals surface area contributed by atoms with Crippen molar-refractivity contribution in [2.75, 3.05) is 17.7 Å². The van der Waals surface area contributed by atoms with Crippen molar-refractivity contribution in [1.82, 2.24) is 9.55 Å². The fourth-order valence-electron chi connectivity index (χ4n) is 6.15. The molecule has 9 heteroatoms. The molecule has 216 valence electrons. The van der Waals surface area contributed by atoms with Crippen molar-refractivity contribution in [2.45, 2.75) is 12.3 Å². The lowest BCUT2D eigenvalue weighted by atomic mass is 9.77. The summed E-state index contributed by atoms with van der Waals surface area (Å²) >= 11 is 0. The van der Waals surface area contributed by atoms with Crippen molar-refractivity contribution >= 4 is 56.5 Å². The number of amides is 1. The number of ketones is 1. The molecule has 0 unspecified atom stereocenters. The third kappa shape index (κ3) is 3.75. The second-order valence-electron chi connectivity index (χ2n) is 10.8. The van der Waals surface area contributed by atoms with Crippen LogP contribution in [0.15, 0.2) is 103 Å². The van der Waals surface area contributed by atoms with Crippen LogP contribution in [0.25, 0.3) is 21.8 Å². The van der Waals surface area contributed by atoms with Gasteiger partial charge in [-0.25, -0.2) is 4.39 Å². The molecule has 0 fully saturated rings. The molecule has 1 aliphatic heterocycles. The van der Waals surface area contributed by atoms with Crippen molar-refractivity contribution < 1.29 is 23.5 Å². The van der Waals surface area contributed by atoms with E-state index < -0.39 is 22.9 Å². The highest BCUT2D eigenvalue weighted by Gasteiger charge is 2.55. The van der Waals surface area contributed by atoms with Crippen molar-refractivity contribution in [1.29, 1.82) is 0 Å². The van der Waals surface area contributed by atoms with E-state index in [1.165, 1.54) is 49.4 Å². The van der Waals surface area contributed by atoms with Crippen LogP contribution in [0.3, 0.4) is 0 Å². The summed E-state index contributed by atoms with van der Waals surface area (Å²) in [6.45, 7) is 1.52. The fourth-order valence-corrected chi connectivity index (χ4v) is 6.15. The number of nitrogens with zero attached hydrogens (tertiary/aromatic N) is 3. The fraction of sp³-hybridized carbons (Fsp3) is 0.0857. The van der Waals surface area contributed by atoms with Crippen LogP contribution in [0.4, 0.5) is 21.5 Å². The molecule has 2 aromatic heterocycles. The summed E-state index contributed by atoms with van der Waals surface area (Å²) in [5.41, 5.74) is 7.65. The first-order valence-corrected chi connectivity index (χ1v) is 13.9. The SMILES string of the molecule is COc1ccc2c(c1N)[C@@](C)(C(=O)c1cc3c4ccccc4n(C(=O)c4ccccc4)c3cn1)C(=O)N2c1ccc(F)cc1. The van der Waals surface area contributed by atoms with Crippen LogP contribution in [0.5, 0.6) is 5.75 Å². The number of para-hydroxylation sites is 1. The van der Waals surface area contributed by atoms with Crippen molar-refractivity contribution in [3.05, 3.63) is 126 Å². The first-order valence-electron chi connectivity index (χ1n) is 13.9. The van der Waals surface area contributed by atoms with E-state index >= 15 is 0 Å². The number of carbonyl (C=O) groups excluding carboxylic acids is 3. The Balaban J connectivity index is 1.41. The average molecular weight is 585 g/mol. The van der Waals surface area contributed by atoms with Gasteiger partial charge in [0, 0.05) is 27.6 Å². The largest absolute Gasteiger partial charge is 0.495 e. The zero-order valence-electron chi connectivity index (χ0n) is 23.7. The monoisotopic (exact) mass is 584 g/mol. The standard InChI is InChI=1S/C35H25FN4O4/c1-35(30-27(16-17-29(44-2)31(30)37)39(34(35)43)22-14-12-21(36)13-15-22)32(41)25-18-24-23-10-6-7-11-26(23)40(28(24)19-38-25)33(42)20-8-4-3-5-9-20/h3-19H,37H2,1-2H3/t35-/m0/s1. The number of hydrogen-bond donors (Lipinski definition) is 1. The molecule has 1 atom stereocenters. The molecule has 0 saturated heterocycles. The van der Waals surface area contributed by atoms with Crippen LogP contribution in [-0.4, -0.2) is 34.3 Å². The number of nitrogen functional groups attached to an aromatic ring is 1. The summed E-state index contributed by atoms with van der Waals surface area (Å²) in [6, 6.07) is 26.6. The predicted molar refractivity (Wildman–Crippen MR) is 166 cm³/mol. The highest BCUT2D eigenvalue weighted by Crippen LogP contribution is 2.52. The molecule has 3 heterocycles. The summed E-state index contributed by atoms with van der Waals surface area (Å²) in [5, 5.41) is 1.38. The first-order chi connectivity index (χ1) is 21.3. The van der Waals surface area contributed by atoms with Crippen molar-refractivity contribution in [2.24, 2.45) is 0 Å².